The minimum absolute atomic E-state index is 0.231. The third kappa shape index (κ3) is 3.16. The number of nitrogens with one attached hydrogen (secondary N) is 1. The minimum atomic E-state index is 0.231. The second kappa shape index (κ2) is 6.25. The predicted molar refractivity (Wildman–Crippen MR) is 90.5 cm³/mol. The van der Waals surface area contributed by atoms with E-state index in [2.05, 4.69) is 10.3 Å². The Balaban J connectivity index is 1.87. The molecule has 0 atom stereocenters. The molecule has 0 spiro atoms. The summed E-state index contributed by atoms with van der Waals surface area (Å²) in [7, 11) is 1.62. The van der Waals surface area contributed by atoms with Crippen molar-refractivity contribution in [3.8, 4) is 22.8 Å². The predicted octanol–water partition coefficient (Wildman–Crippen LogP) is 4.92. The van der Waals surface area contributed by atoms with Gasteiger partial charge in [-0.2, -0.15) is 0 Å². The van der Waals surface area contributed by atoms with E-state index in [0.717, 1.165) is 27.8 Å². The molecule has 0 saturated heterocycles. The molecule has 22 heavy (non-hydrogen) atoms. The highest BCUT2D eigenvalue weighted by Crippen LogP contribution is 2.35. The van der Waals surface area contributed by atoms with Crippen LogP contribution in [0.3, 0.4) is 0 Å². The Morgan fingerprint density at radius 3 is 2.68 bits per heavy atom. The summed E-state index contributed by atoms with van der Waals surface area (Å²) in [5.41, 5.74) is 2.51. The average molecular weight is 333 g/mol. The Kier molecular flexibility index (Phi) is 4.18. The number of benzene rings is 2. The van der Waals surface area contributed by atoms with Crippen LogP contribution in [0.25, 0.3) is 11.3 Å². The number of ether oxygens (including phenoxy) is 1. The molecule has 0 radical (unpaired) electrons. The van der Waals surface area contributed by atoms with Gasteiger partial charge >= 0.3 is 0 Å². The molecule has 0 saturated carbocycles. The number of phenols is 1. The molecular formula is C16H13ClN2O2S. The largest absolute Gasteiger partial charge is 0.508 e. The van der Waals surface area contributed by atoms with Gasteiger partial charge in [0.15, 0.2) is 5.13 Å². The molecule has 3 aromatic rings. The molecule has 0 unspecified atom stereocenters. The normalized spacial score (nSPS) is 10.5. The summed E-state index contributed by atoms with van der Waals surface area (Å²) in [5, 5.41) is 15.8. The van der Waals surface area contributed by atoms with Crippen LogP contribution in [0, 0.1) is 0 Å². The number of rotatable bonds is 4. The summed E-state index contributed by atoms with van der Waals surface area (Å²) in [6, 6.07) is 12.3. The first-order chi connectivity index (χ1) is 10.7. The zero-order valence-corrected chi connectivity index (χ0v) is 13.3. The van der Waals surface area contributed by atoms with Crippen LogP contribution in [0.5, 0.6) is 11.5 Å². The number of hydrogen-bond donors (Lipinski definition) is 2. The van der Waals surface area contributed by atoms with Crippen molar-refractivity contribution in [1.82, 2.24) is 4.98 Å². The van der Waals surface area contributed by atoms with Crippen LogP contribution in [0.15, 0.2) is 47.8 Å². The lowest BCUT2D eigenvalue weighted by atomic mass is 10.1. The molecule has 112 valence electrons. The summed E-state index contributed by atoms with van der Waals surface area (Å²) in [4.78, 5) is 4.55. The van der Waals surface area contributed by atoms with E-state index in [0.29, 0.717) is 5.02 Å². The van der Waals surface area contributed by atoms with Crippen molar-refractivity contribution in [2.45, 2.75) is 0 Å². The van der Waals surface area contributed by atoms with Gasteiger partial charge in [0.1, 0.15) is 11.5 Å². The Morgan fingerprint density at radius 1 is 1.18 bits per heavy atom. The first-order valence-electron chi connectivity index (χ1n) is 6.51. The fourth-order valence-electron chi connectivity index (χ4n) is 2.00. The van der Waals surface area contributed by atoms with Crippen molar-refractivity contribution in [2.24, 2.45) is 0 Å². The molecule has 2 aromatic carbocycles. The number of anilines is 2. The second-order valence-electron chi connectivity index (χ2n) is 4.55. The van der Waals surface area contributed by atoms with Crippen molar-refractivity contribution in [1.29, 1.82) is 0 Å². The fourth-order valence-corrected chi connectivity index (χ4v) is 2.91. The number of nitrogens with zero attached hydrogens (tertiary/aromatic N) is 1. The van der Waals surface area contributed by atoms with Gasteiger partial charge in [-0.3, -0.25) is 0 Å². The third-order valence-corrected chi connectivity index (χ3v) is 4.05. The van der Waals surface area contributed by atoms with E-state index in [1.54, 1.807) is 37.4 Å². The maximum atomic E-state index is 9.29. The summed E-state index contributed by atoms with van der Waals surface area (Å²) >= 11 is 7.54. The quantitative estimate of drug-likeness (QED) is 0.666. The van der Waals surface area contributed by atoms with Gasteiger partial charge in [0.2, 0.25) is 0 Å². The molecule has 0 aliphatic heterocycles. The molecule has 0 aliphatic rings. The van der Waals surface area contributed by atoms with E-state index in [1.807, 2.05) is 17.5 Å². The van der Waals surface area contributed by atoms with E-state index in [1.165, 1.54) is 11.3 Å². The van der Waals surface area contributed by atoms with Gasteiger partial charge < -0.3 is 15.2 Å². The number of methoxy groups -OCH3 is 1. The van der Waals surface area contributed by atoms with E-state index < -0.39 is 0 Å². The molecule has 2 N–H and O–H groups in total. The first-order valence-corrected chi connectivity index (χ1v) is 7.77. The Morgan fingerprint density at radius 2 is 1.95 bits per heavy atom. The standard InChI is InChI=1S/C16H13ClN2O2S/c1-21-15-7-2-10(17)8-13(15)14-9-22-16(19-14)18-11-3-5-12(20)6-4-11/h2-9,20H,1H3,(H,18,19). The molecule has 3 rings (SSSR count). The van der Waals surface area contributed by atoms with Crippen LogP contribution in [0.2, 0.25) is 5.02 Å². The first kappa shape index (κ1) is 14.7. The zero-order valence-electron chi connectivity index (χ0n) is 11.7. The molecule has 1 aromatic heterocycles. The van der Waals surface area contributed by atoms with Gasteiger partial charge in [-0.15, -0.1) is 11.3 Å². The lowest BCUT2D eigenvalue weighted by Gasteiger charge is -2.06. The summed E-state index contributed by atoms with van der Waals surface area (Å²) < 4.78 is 5.35. The maximum Gasteiger partial charge on any atom is 0.187 e. The average Bonchev–Trinajstić information content (AvgIpc) is 2.98. The molecular weight excluding hydrogens is 320 g/mol. The van der Waals surface area contributed by atoms with E-state index in [4.69, 9.17) is 16.3 Å². The fraction of sp³-hybridized carbons (Fsp3) is 0.0625. The molecule has 0 aliphatic carbocycles. The third-order valence-electron chi connectivity index (χ3n) is 3.06. The number of aromatic nitrogens is 1. The summed E-state index contributed by atoms with van der Waals surface area (Å²) in [5.74, 6) is 0.958. The van der Waals surface area contributed by atoms with Crippen LogP contribution in [-0.2, 0) is 0 Å². The lowest BCUT2D eigenvalue weighted by molar-refractivity contribution is 0.416. The SMILES string of the molecule is COc1ccc(Cl)cc1-c1csc(Nc2ccc(O)cc2)n1. The number of halogens is 1. The number of aromatic hydroxyl groups is 1. The second-order valence-corrected chi connectivity index (χ2v) is 5.85. The molecule has 1 heterocycles. The highest BCUT2D eigenvalue weighted by Gasteiger charge is 2.11. The number of thiazole rings is 1. The minimum Gasteiger partial charge on any atom is -0.508 e. The smallest absolute Gasteiger partial charge is 0.187 e. The highest BCUT2D eigenvalue weighted by atomic mass is 35.5. The topological polar surface area (TPSA) is 54.4 Å². The summed E-state index contributed by atoms with van der Waals surface area (Å²) in [6.07, 6.45) is 0. The van der Waals surface area contributed by atoms with Gasteiger partial charge in [-0.25, -0.2) is 4.98 Å². The molecule has 6 heteroatoms. The van der Waals surface area contributed by atoms with Crippen molar-refractivity contribution < 1.29 is 9.84 Å². The van der Waals surface area contributed by atoms with E-state index >= 15 is 0 Å². The summed E-state index contributed by atoms with van der Waals surface area (Å²) in [6.45, 7) is 0. The molecule has 0 bridgehead atoms. The lowest BCUT2D eigenvalue weighted by Crippen LogP contribution is -1.90. The van der Waals surface area contributed by atoms with Crippen LogP contribution in [0.1, 0.15) is 0 Å². The Labute approximate surface area is 137 Å². The van der Waals surface area contributed by atoms with Crippen LogP contribution < -0.4 is 10.1 Å². The monoisotopic (exact) mass is 332 g/mol. The van der Waals surface area contributed by atoms with Gasteiger partial charge in [0.25, 0.3) is 0 Å². The van der Waals surface area contributed by atoms with Crippen LogP contribution in [0.4, 0.5) is 10.8 Å². The Hall–Kier alpha value is -2.24. The zero-order chi connectivity index (χ0) is 15.5. The number of hydrogen-bond acceptors (Lipinski definition) is 5. The van der Waals surface area contributed by atoms with Crippen molar-refractivity contribution in [2.75, 3.05) is 12.4 Å². The van der Waals surface area contributed by atoms with E-state index in [-0.39, 0.29) is 5.75 Å². The van der Waals surface area contributed by atoms with Crippen LogP contribution in [-0.4, -0.2) is 17.2 Å². The highest BCUT2D eigenvalue weighted by molar-refractivity contribution is 7.14. The van der Waals surface area contributed by atoms with Crippen LogP contribution >= 0.6 is 22.9 Å². The van der Waals surface area contributed by atoms with Crippen molar-refractivity contribution >= 4 is 33.8 Å². The van der Waals surface area contributed by atoms with Gasteiger partial charge in [0, 0.05) is 21.7 Å². The molecule has 4 nitrogen and oxygen atoms in total. The Bertz CT molecular complexity index is 787. The van der Waals surface area contributed by atoms with Crippen molar-refractivity contribution in [3.05, 3.63) is 52.9 Å². The van der Waals surface area contributed by atoms with E-state index in [9.17, 15) is 5.11 Å². The van der Waals surface area contributed by atoms with Gasteiger partial charge in [-0.1, -0.05) is 11.6 Å². The molecule has 0 fully saturated rings. The number of phenolic OH excluding ortho intramolecular Hbond substituents is 1. The van der Waals surface area contributed by atoms with Gasteiger partial charge in [0.05, 0.1) is 12.8 Å². The molecule has 0 amide bonds. The van der Waals surface area contributed by atoms with Crippen molar-refractivity contribution in [3.63, 3.8) is 0 Å². The van der Waals surface area contributed by atoms with Gasteiger partial charge in [-0.05, 0) is 42.5 Å². The maximum absolute atomic E-state index is 9.29.